The van der Waals surface area contributed by atoms with Crippen molar-refractivity contribution in [1.29, 1.82) is 0 Å². The van der Waals surface area contributed by atoms with Crippen LogP contribution in [-0.2, 0) is 0 Å². The van der Waals surface area contributed by atoms with E-state index in [-0.39, 0.29) is 0 Å². The molecule has 33 heavy (non-hydrogen) atoms. The van der Waals surface area contributed by atoms with Gasteiger partial charge in [-0.15, -0.1) is 8.75 Å². The van der Waals surface area contributed by atoms with Gasteiger partial charge in [0.2, 0.25) is 0 Å². The van der Waals surface area contributed by atoms with Crippen LogP contribution in [0.3, 0.4) is 0 Å². The van der Waals surface area contributed by atoms with Crippen LogP contribution < -0.4 is 9.47 Å². The van der Waals surface area contributed by atoms with Gasteiger partial charge >= 0.3 is 0 Å². The first kappa shape index (κ1) is 25.7. The minimum absolute atomic E-state index is 0.702. The van der Waals surface area contributed by atoms with E-state index in [2.05, 4.69) is 67.4 Å². The van der Waals surface area contributed by atoms with Gasteiger partial charge in [0.1, 0.15) is 11.4 Å². The van der Waals surface area contributed by atoms with Crippen LogP contribution in [0.25, 0.3) is 11.1 Å². The highest BCUT2D eigenvalue weighted by molar-refractivity contribution is 6.99. The number of ether oxygens (including phenoxy) is 2. The largest absolute Gasteiger partial charge is 0.475 e. The van der Waals surface area contributed by atoms with E-state index in [0.29, 0.717) is 18.4 Å². The van der Waals surface area contributed by atoms with E-state index in [1.165, 1.54) is 34.6 Å². The standard InChI is InChI=1S/C12H19N3OS.C11H17N3OS/c1-3-4-8-16-12-11(13-17-14-12)10-6-5-7-15(2)9-10;1-3-7-15-11-10(12-16-13-11)9-5-4-6-14(2)8-9/h6H,3-5,7-9H2,1-2H3;5H,3-4,6-8H2,1-2H3. The Labute approximate surface area is 206 Å². The molecule has 8 nitrogen and oxygen atoms in total. The molecule has 2 aliphatic heterocycles. The molecule has 2 aromatic rings. The summed E-state index contributed by atoms with van der Waals surface area (Å²) in [6.45, 7) is 9.80. The molecule has 0 aromatic carbocycles. The van der Waals surface area contributed by atoms with Crippen molar-refractivity contribution in [2.45, 2.75) is 46.0 Å². The third kappa shape index (κ3) is 7.84. The molecule has 0 bridgehead atoms. The van der Waals surface area contributed by atoms with Crippen molar-refractivity contribution in [3.63, 3.8) is 0 Å². The van der Waals surface area contributed by atoms with Crippen molar-refractivity contribution >= 4 is 34.6 Å². The first-order valence-electron chi connectivity index (χ1n) is 11.8. The van der Waals surface area contributed by atoms with Crippen LogP contribution in [0.1, 0.15) is 57.3 Å². The molecule has 0 N–H and O–H groups in total. The molecule has 2 aromatic heterocycles. The molecule has 0 spiro atoms. The summed E-state index contributed by atoms with van der Waals surface area (Å²) < 4.78 is 28.4. The van der Waals surface area contributed by atoms with Gasteiger partial charge in [-0.1, -0.05) is 32.4 Å². The molecule has 0 saturated carbocycles. The summed E-state index contributed by atoms with van der Waals surface area (Å²) in [5.41, 5.74) is 4.37. The summed E-state index contributed by atoms with van der Waals surface area (Å²) in [6, 6.07) is 0. The lowest BCUT2D eigenvalue weighted by molar-refractivity contribution is 0.298. The van der Waals surface area contributed by atoms with Gasteiger partial charge in [0.25, 0.3) is 11.8 Å². The summed E-state index contributed by atoms with van der Waals surface area (Å²) in [6.07, 6.45) is 9.86. The van der Waals surface area contributed by atoms with Crippen LogP contribution in [0, 0.1) is 0 Å². The maximum absolute atomic E-state index is 5.68. The molecule has 0 atom stereocenters. The van der Waals surface area contributed by atoms with Crippen LogP contribution in [-0.4, -0.2) is 80.8 Å². The molecular weight excluding hydrogens is 456 g/mol. The van der Waals surface area contributed by atoms with E-state index in [0.717, 1.165) is 76.3 Å². The lowest BCUT2D eigenvalue weighted by Crippen LogP contribution is -2.25. The lowest BCUT2D eigenvalue weighted by Gasteiger charge is -2.22. The predicted molar refractivity (Wildman–Crippen MR) is 136 cm³/mol. The van der Waals surface area contributed by atoms with E-state index in [4.69, 9.17) is 9.47 Å². The third-order valence-electron chi connectivity index (χ3n) is 5.39. The van der Waals surface area contributed by atoms with Crippen molar-refractivity contribution in [2.24, 2.45) is 0 Å². The van der Waals surface area contributed by atoms with Crippen molar-refractivity contribution in [3.8, 4) is 11.8 Å². The number of nitrogens with zero attached hydrogens (tertiary/aromatic N) is 6. The van der Waals surface area contributed by atoms with Crippen LogP contribution in [0.2, 0.25) is 0 Å². The number of hydrogen-bond donors (Lipinski definition) is 0. The molecular formula is C23H36N6O2S2. The van der Waals surface area contributed by atoms with Gasteiger partial charge in [-0.05, 0) is 50.9 Å². The van der Waals surface area contributed by atoms with Gasteiger partial charge in [0.15, 0.2) is 0 Å². The Hall–Kier alpha value is -1.88. The number of likely N-dealkylation sites (N-methyl/N-ethyl adjacent to an activating group) is 2. The zero-order chi connectivity index (χ0) is 23.5. The van der Waals surface area contributed by atoms with Gasteiger partial charge in [-0.25, -0.2) is 0 Å². The molecule has 0 saturated heterocycles. The molecule has 0 unspecified atom stereocenters. The van der Waals surface area contributed by atoms with E-state index < -0.39 is 0 Å². The summed E-state index contributed by atoms with van der Waals surface area (Å²) in [7, 11) is 4.25. The van der Waals surface area contributed by atoms with E-state index in [1.807, 2.05) is 0 Å². The van der Waals surface area contributed by atoms with E-state index in [1.54, 1.807) is 0 Å². The Bertz CT molecular complexity index is 910. The van der Waals surface area contributed by atoms with Crippen LogP contribution in [0.5, 0.6) is 11.8 Å². The first-order valence-corrected chi connectivity index (χ1v) is 13.2. The van der Waals surface area contributed by atoms with Gasteiger partial charge in [0, 0.05) is 26.2 Å². The SMILES string of the molecule is CCCCOc1nsnc1C1=CCCN(C)C1.CCCOc1nsnc1C1=CCCN(C)C1. The number of rotatable bonds is 9. The van der Waals surface area contributed by atoms with E-state index >= 15 is 0 Å². The zero-order valence-electron chi connectivity index (χ0n) is 20.2. The Morgan fingerprint density at radius 2 is 1.27 bits per heavy atom. The Morgan fingerprint density at radius 1 is 0.758 bits per heavy atom. The maximum Gasteiger partial charge on any atom is 0.253 e. The Balaban J connectivity index is 0.000000186. The maximum atomic E-state index is 5.68. The highest BCUT2D eigenvalue weighted by Gasteiger charge is 2.19. The topological polar surface area (TPSA) is 76.5 Å². The fraction of sp³-hybridized carbons (Fsp3) is 0.652. The molecule has 182 valence electrons. The smallest absolute Gasteiger partial charge is 0.253 e. The molecule has 0 fully saturated rings. The number of aromatic nitrogens is 4. The van der Waals surface area contributed by atoms with Crippen molar-refractivity contribution in [2.75, 3.05) is 53.5 Å². The summed E-state index contributed by atoms with van der Waals surface area (Å²) in [4.78, 5) is 4.59. The van der Waals surface area contributed by atoms with Crippen molar-refractivity contribution in [3.05, 3.63) is 23.5 Å². The van der Waals surface area contributed by atoms with Crippen molar-refractivity contribution < 1.29 is 9.47 Å². The van der Waals surface area contributed by atoms with Crippen molar-refractivity contribution in [1.82, 2.24) is 27.3 Å². The van der Waals surface area contributed by atoms with Gasteiger partial charge < -0.3 is 19.3 Å². The molecule has 4 rings (SSSR count). The summed E-state index contributed by atoms with van der Waals surface area (Å²) in [5.74, 6) is 1.42. The molecule has 0 amide bonds. The summed E-state index contributed by atoms with van der Waals surface area (Å²) >= 11 is 2.46. The minimum Gasteiger partial charge on any atom is -0.475 e. The second-order valence-electron chi connectivity index (χ2n) is 8.40. The molecule has 4 heterocycles. The van der Waals surface area contributed by atoms with Gasteiger partial charge in [-0.3, -0.25) is 0 Å². The van der Waals surface area contributed by atoms with Gasteiger partial charge in [-0.2, -0.15) is 8.75 Å². The normalized spacial score (nSPS) is 17.1. The van der Waals surface area contributed by atoms with Crippen LogP contribution in [0.4, 0.5) is 0 Å². The number of unbranched alkanes of at least 4 members (excludes halogenated alkanes) is 1. The van der Waals surface area contributed by atoms with Crippen LogP contribution in [0.15, 0.2) is 12.2 Å². The van der Waals surface area contributed by atoms with E-state index in [9.17, 15) is 0 Å². The summed E-state index contributed by atoms with van der Waals surface area (Å²) in [5, 5.41) is 0. The van der Waals surface area contributed by atoms with Gasteiger partial charge in [0.05, 0.1) is 36.7 Å². The number of hydrogen-bond acceptors (Lipinski definition) is 10. The Kier molecular flexibility index (Phi) is 10.7. The fourth-order valence-corrected chi connectivity index (χ4v) is 4.65. The Morgan fingerprint density at radius 3 is 1.73 bits per heavy atom. The monoisotopic (exact) mass is 492 g/mol. The average molecular weight is 493 g/mol. The predicted octanol–water partition coefficient (Wildman–Crippen LogP) is 4.48. The first-order chi connectivity index (χ1) is 16.1. The lowest BCUT2D eigenvalue weighted by atomic mass is 10.1. The zero-order valence-corrected chi connectivity index (χ0v) is 21.9. The second kappa shape index (κ2) is 13.7. The quantitative estimate of drug-likeness (QED) is 0.474. The molecule has 0 radical (unpaired) electrons. The highest BCUT2D eigenvalue weighted by atomic mass is 32.1. The second-order valence-corrected chi connectivity index (χ2v) is 9.45. The molecule has 2 aliphatic rings. The molecule has 10 heteroatoms. The third-order valence-corrected chi connectivity index (χ3v) is 6.41. The highest BCUT2D eigenvalue weighted by Crippen LogP contribution is 2.28. The average Bonchev–Trinajstić information content (AvgIpc) is 3.48. The molecule has 0 aliphatic carbocycles. The fourth-order valence-electron chi connectivity index (χ4n) is 3.58. The van der Waals surface area contributed by atoms with Crippen LogP contribution >= 0.6 is 23.5 Å². The minimum atomic E-state index is 0.702.